The SMILES string of the molecule is CCCC(=O)N1CSCC1C(=O)Nc1cc(CN)cc(C(F)(F)F)c1.Cl. The van der Waals surface area contributed by atoms with Gasteiger partial charge in [-0.25, -0.2) is 0 Å². The third-order valence-electron chi connectivity index (χ3n) is 3.79. The van der Waals surface area contributed by atoms with Gasteiger partial charge in [-0.05, 0) is 30.2 Å². The lowest BCUT2D eigenvalue weighted by atomic mass is 10.1. The molecule has 1 unspecified atom stereocenters. The topological polar surface area (TPSA) is 75.4 Å². The van der Waals surface area contributed by atoms with E-state index in [1.807, 2.05) is 6.92 Å². The Bertz CT molecular complexity index is 658. The fourth-order valence-corrected chi connectivity index (χ4v) is 3.72. The van der Waals surface area contributed by atoms with Crippen molar-refractivity contribution in [3.63, 3.8) is 0 Å². The summed E-state index contributed by atoms with van der Waals surface area (Å²) in [6, 6.07) is 2.56. The number of anilines is 1. The molecule has 5 nitrogen and oxygen atoms in total. The van der Waals surface area contributed by atoms with Crippen molar-refractivity contribution in [3.8, 4) is 0 Å². The van der Waals surface area contributed by atoms with Crippen LogP contribution in [-0.4, -0.2) is 34.4 Å². The quantitative estimate of drug-likeness (QED) is 0.780. The van der Waals surface area contributed by atoms with Crippen molar-refractivity contribution < 1.29 is 22.8 Å². The van der Waals surface area contributed by atoms with E-state index in [2.05, 4.69) is 5.32 Å². The number of rotatable bonds is 5. The van der Waals surface area contributed by atoms with Gasteiger partial charge >= 0.3 is 6.18 Å². The van der Waals surface area contributed by atoms with Crippen LogP contribution in [0, 0.1) is 0 Å². The molecule has 0 radical (unpaired) electrons. The summed E-state index contributed by atoms with van der Waals surface area (Å²) >= 11 is 1.44. The molecule has 146 valence electrons. The van der Waals surface area contributed by atoms with Crippen molar-refractivity contribution in [2.45, 2.75) is 38.5 Å². The first-order valence-corrected chi connectivity index (χ1v) is 9.01. The van der Waals surface area contributed by atoms with Gasteiger partial charge in [-0.2, -0.15) is 13.2 Å². The summed E-state index contributed by atoms with van der Waals surface area (Å²) in [7, 11) is 0. The summed E-state index contributed by atoms with van der Waals surface area (Å²) in [5.74, 6) is 0.216. The van der Waals surface area contributed by atoms with Crippen LogP contribution in [0.5, 0.6) is 0 Å². The molecule has 2 amide bonds. The van der Waals surface area contributed by atoms with Crippen LogP contribution < -0.4 is 11.1 Å². The monoisotopic (exact) mass is 411 g/mol. The number of carbonyl (C=O) groups excluding carboxylic acids is 2. The molecule has 1 aromatic carbocycles. The van der Waals surface area contributed by atoms with Gasteiger partial charge in [0.05, 0.1) is 11.4 Å². The van der Waals surface area contributed by atoms with Gasteiger partial charge in [0, 0.05) is 24.4 Å². The molecule has 1 aliphatic rings. The summed E-state index contributed by atoms with van der Waals surface area (Å²) < 4.78 is 38.9. The van der Waals surface area contributed by atoms with E-state index in [-0.39, 0.29) is 36.1 Å². The van der Waals surface area contributed by atoms with Gasteiger partial charge in [0.25, 0.3) is 0 Å². The molecule has 1 heterocycles. The van der Waals surface area contributed by atoms with Crippen LogP contribution in [-0.2, 0) is 22.3 Å². The zero-order valence-corrected chi connectivity index (χ0v) is 15.8. The largest absolute Gasteiger partial charge is 0.416 e. The van der Waals surface area contributed by atoms with E-state index in [9.17, 15) is 22.8 Å². The van der Waals surface area contributed by atoms with E-state index in [4.69, 9.17) is 5.73 Å². The number of alkyl halides is 3. The molecular formula is C16H21ClF3N3O2S. The Hall–Kier alpha value is -1.45. The Morgan fingerprint density at radius 3 is 2.62 bits per heavy atom. The van der Waals surface area contributed by atoms with E-state index in [1.54, 1.807) is 0 Å². The van der Waals surface area contributed by atoms with Gasteiger partial charge in [-0.15, -0.1) is 24.2 Å². The highest BCUT2D eigenvalue weighted by Gasteiger charge is 2.35. The maximum atomic E-state index is 13.0. The summed E-state index contributed by atoms with van der Waals surface area (Å²) in [6.45, 7) is 1.79. The summed E-state index contributed by atoms with van der Waals surface area (Å²) in [5.41, 5.74) is 4.87. The van der Waals surface area contributed by atoms with Gasteiger partial charge < -0.3 is 16.0 Å². The van der Waals surface area contributed by atoms with E-state index >= 15 is 0 Å². The molecule has 1 aromatic rings. The number of hydrogen-bond acceptors (Lipinski definition) is 4. The lowest BCUT2D eigenvalue weighted by Gasteiger charge is -2.23. The van der Waals surface area contributed by atoms with Gasteiger partial charge in [0.2, 0.25) is 11.8 Å². The summed E-state index contributed by atoms with van der Waals surface area (Å²) in [6.07, 6.45) is -3.52. The van der Waals surface area contributed by atoms with Crippen LogP contribution in [0.3, 0.4) is 0 Å². The first-order valence-electron chi connectivity index (χ1n) is 7.85. The predicted octanol–water partition coefficient (Wildman–Crippen LogP) is 3.23. The van der Waals surface area contributed by atoms with E-state index in [0.29, 0.717) is 24.5 Å². The van der Waals surface area contributed by atoms with Gasteiger partial charge in [-0.1, -0.05) is 6.92 Å². The van der Waals surface area contributed by atoms with Crippen molar-refractivity contribution in [2.75, 3.05) is 16.9 Å². The molecular weight excluding hydrogens is 391 g/mol. The third-order valence-corrected chi connectivity index (χ3v) is 4.80. The molecule has 1 fully saturated rings. The van der Waals surface area contributed by atoms with Gasteiger partial charge in [-0.3, -0.25) is 9.59 Å². The minimum absolute atomic E-state index is 0. The molecule has 1 atom stereocenters. The number of carbonyl (C=O) groups is 2. The number of nitrogens with one attached hydrogen (secondary N) is 1. The zero-order chi connectivity index (χ0) is 18.6. The smallest absolute Gasteiger partial charge is 0.326 e. The second kappa shape index (κ2) is 9.48. The second-order valence-corrected chi connectivity index (χ2v) is 6.74. The highest BCUT2D eigenvalue weighted by atomic mass is 35.5. The Labute approximate surface area is 160 Å². The van der Waals surface area contributed by atoms with Crippen LogP contribution in [0.1, 0.15) is 30.9 Å². The molecule has 1 saturated heterocycles. The normalized spacial score (nSPS) is 17.0. The van der Waals surface area contributed by atoms with Crippen molar-refractivity contribution in [2.24, 2.45) is 5.73 Å². The fourth-order valence-electron chi connectivity index (χ4n) is 2.53. The Kier molecular flexibility index (Phi) is 8.23. The maximum absolute atomic E-state index is 13.0. The number of halogens is 4. The Balaban J connectivity index is 0.00000338. The number of nitrogens with two attached hydrogens (primary N) is 1. The molecule has 3 N–H and O–H groups in total. The average Bonchev–Trinajstić information content (AvgIpc) is 3.03. The van der Waals surface area contributed by atoms with Crippen LogP contribution in [0.25, 0.3) is 0 Å². The van der Waals surface area contributed by atoms with Crippen molar-refractivity contribution in [1.29, 1.82) is 0 Å². The lowest BCUT2D eigenvalue weighted by molar-refractivity contribution is -0.137. The molecule has 0 aliphatic carbocycles. The number of benzene rings is 1. The molecule has 0 aromatic heterocycles. The molecule has 0 saturated carbocycles. The summed E-state index contributed by atoms with van der Waals surface area (Å²) in [4.78, 5) is 26.0. The van der Waals surface area contributed by atoms with E-state index in [0.717, 1.165) is 12.1 Å². The van der Waals surface area contributed by atoms with E-state index < -0.39 is 23.7 Å². The van der Waals surface area contributed by atoms with Crippen LogP contribution >= 0.6 is 24.2 Å². The average molecular weight is 412 g/mol. The van der Waals surface area contributed by atoms with Crippen LogP contribution in [0.15, 0.2) is 18.2 Å². The summed E-state index contributed by atoms with van der Waals surface area (Å²) in [5, 5.41) is 2.50. The molecule has 0 spiro atoms. The highest BCUT2D eigenvalue weighted by molar-refractivity contribution is 7.99. The first-order chi connectivity index (χ1) is 11.8. The highest BCUT2D eigenvalue weighted by Crippen LogP contribution is 2.32. The lowest BCUT2D eigenvalue weighted by Crippen LogP contribution is -2.44. The molecule has 2 rings (SSSR count). The zero-order valence-electron chi connectivity index (χ0n) is 14.1. The first kappa shape index (κ1) is 22.6. The number of thioether (sulfide) groups is 1. The second-order valence-electron chi connectivity index (χ2n) is 5.74. The fraction of sp³-hybridized carbons (Fsp3) is 0.500. The molecule has 26 heavy (non-hydrogen) atoms. The molecule has 10 heteroatoms. The minimum atomic E-state index is -4.53. The maximum Gasteiger partial charge on any atom is 0.416 e. The Morgan fingerprint density at radius 2 is 2.04 bits per heavy atom. The third kappa shape index (κ3) is 5.52. The number of nitrogens with zero attached hydrogens (tertiary/aromatic N) is 1. The molecule has 0 bridgehead atoms. The van der Waals surface area contributed by atoms with Gasteiger partial charge in [0.15, 0.2) is 0 Å². The van der Waals surface area contributed by atoms with Crippen molar-refractivity contribution in [1.82, 2.24) is 4.90 Å². The standard InChI is InChI=1S/C16H20F3N3O2S.ClH/c1-2-3-14(23)22-9-25-8-13(22)15(24)21-12-5-10(7-20)4-11(6-12)16(17,18)19;/h4-6,13H,2-3,7-9,20H2,1H3,(H,21,24);1H. The predicted molar refractivity (Wildman–Crippen MR) is 98.1 cm³/mol. The number of amides is 2. The van der Waals surface area contributed by atoms with Gasteiger partial charge in [0.1, 0.15) is 6.04 Å². The minimum Gasteiger partial charge on any atom is -0.326 e. The molecule has 1 aliphatic heterocycles. The van der Waals surface area contributed by atoms with Crippen molar-refractivity contribution >= 4 is 41.7 Å². The van der Waals surface area contributed by atoms with Crippen molar-refractivity contribution in [3.05, 3.63) is 29.3 Å². The van der Waals surface area contributed by atoms with E-state index in [1.165, 1.54) is 22.7 Å². The Morgan fingerprint density at radius 1 is 1.35 bits per heavy atom. The van der Waals surface area contributed by atoms with Crippen LogP contribution in [0.4, 0.5) is 18.9 Å². The number of hydrogen-bond donors (Lipinski definition) is 2. The van der Waals surface area contributed by atoms with Crippen LogP contribution in [0.2, 0.25) is 0 Å².